The molecule has 39 heavy (non-hydrogen) atoms. The number of aromatic nitrogens is 1. The van der Waals surface area contributed by atoms with Crippen molar-refractivity contribution in [3.8, 4) is 11.4 Å². The minimum Gasteiger partial charge on any atom is -0.497 e. The standard InChI is InChI=1S/C28H29N5O5S/c1-32(23-14-16-25(38-2)17-15-23)27(34)26(20-21-8-4-3-5-9-21)29-28(35)31-39(36,37)30-22-10-12-24(13-11-22)33-18-6-7-19-33/h3-19,26,30H,20H2,1-2H3,(H2,29,31,35). The van der Waals surface area contributed by atoms with Gasteiger partial charge in [-0.25, -0.2) is 9.52 Å². The number of carbonyl (C=O) groups is 2. The van der Waals surface area contributed by atoms with Gasteiger partial charge in [-0.2, -0.15) is 8.42 Å². The Hall–Kier alpha value is -4.77. The number of urea groups is 1. The molecule has 3 N–H and O–H groups in total. The third kappa shape index (κ3) is 7.39. The van der Waals surface area contributed by atoms with Gasteiger partial charge in [-0.3, -0.25) is 9.52 Å². The Morgan fingerprint density at radius 3 is 2.15 bits per heavy atom. The third-order valence-corrected chi connectivity index (χ3v) is 6.88. The van der Waals surface area contributed by atoms with Crippen LogP contribution >= 0.6 is 0 Å². The van der Waals surface area contributed by atoms with Crippen LogP contribution in [-0.4, -0.2) is 45.1 Å². The van der Waals surface area contributed by atoms with Crippen molar-refractivity contribution < 1.29 is 22.7 Å². The molecule has 0 fully saturated rings. The molecule has 1 atom stereocenters. The van der Waals surface area contributed by atoms with E-state index in [1.54, 1.807) is 62.7 Å². The lowest BCUT2D eigenvalue weighted by molar-refractivity contribution is -0.120. The molecule has 3 aromatic carbocycles. The number of carbonyl (C=O) groups excluding carboxylic acids is 2. The quantitative estimate of drug-likeness (QED) is 0.279. The second kappa shape index (κ2) is 12.2. The molecular formula is C28H29N5O5S. The number of likely N-dealkylation sites (N-methyl/N-ethyl adjacent to an activating group) is 1. The molecule has 0 spiro atoms. The first-order chi connectivity index (χ1) is 18.7. The Kier molecular flexibility index (Phi) is 8.52. The number of anilines is 2. The lowest BCUT2D eigenvalue weighted by Crippen LogP contribution is -2.53. The van der Waals surface area contributed by atoms with E-state index in [1.807, 2.05) is 64.1 Å². The SMILES string of the molecule is COc1ccc(N(C)C(=O)C(Cc2ccccc2)NC(=O)NS(=O)(=O)Nc2ccc(-n3cccc3)cc2)cc1. The minimum absolute atomic E-state index is 0.155. The Morgan fingerprint density at radius 2 is 1.54 bits per heavy atom. The van der Waals surface area contributed by atoms with Crippen molar-refractivity contribution in [3.05, 3.63) is 109 Å². The summed E-state index contributed by atoms with van der Waals surface area (Å²) in [6.45, 7) is 0. The fraction of sp³-hybridized carbons (Fsp3) is 0.143. The van der Waals surface area contributed by atoms with Crippen molar-refractivity contribution in [2.75, 3.05) is 23.8 Å². The number of amides is 3. The molecule has 11 heteroatoms. The summed E-state index contributed by atoms with van der Waals surface area (Å²) in [6.07, 6.45) is 3.89. The van der Waals surface area contributed by atoms with Gasteiger partial charge in [-0.1, -0.05) is 30.3 Å². The Morgan fingerprint density at radius 1 is 0.897 bits per heavy atom. The van der Waals surface area contributed by atoms with Crippen molar-refractivity contribution in [2.45, 2.75) is 12.5 Å². The number of rotatable bonds is 10. The molecule has 1 unspecified atom stereocenters. The normalized spacial score (nSPS) is 11.7. The summed E-state index contributed by atoms with van der Waals surface area (Å²) in [7, 11) is -1.16. The van der Waals surface area contributed by atoms with E-state index in [9.17, 15) is 18.0 Å². The fourth-order valence-corrected chi connectivity index (χ4v) is 4.72. The number of hydrogen-bond acceptors (Lipinski definition) is 5. The predicted molar refractivity (Wildman–Crippen MR) is 150 cm³/mol. The molecule has 0 aliphatic rings. The lowest BCUT2D eigenvalue weighted by Gasteiger charge is -2.25. The summed E-state index contributed by atoms with van der Waals surface area (Å²) in [6, 6.07) is 24.3. The van der Waals surface area contributed by atoms with Gasteiger partial charge in [0, 0.05) is 37.2 Å². The molecule has 4 rings (SSSR count). The van der Waals surface area contributed by atoms with Gasteiger partial charge in [0.2, 0.25) is 5.91 Å². The van der Waals surface area contributed by atoms with E-state index < -0.39 is 28.2 Å². The average Bonchev–Trinajstić information content (AvgIpc) is 3.47. The maximum absolute atomic E-state index is 13.4. The molecule has 1 heterocycles. The summed E-state index contributed by atoms with van der Waals surface area (Å²) in [5.74, 6) is 0.208. The molecule has 0 saturated heterocycles. The van der Waals surface area contributed by atoms with Crippen LogP contribution in [-0.2, 0) is 21.4 Å². The van der Waals surface area contributed by atoms with E-state index in [2.05, 4.69) is 10.0 Å². The molecule has 1 aromatic heterocycles. The third-order valence-electron chi connectivity index (χ3n) is 5.93. The van der Waals surface area contributed by atoms with Crippen molar-refractivity contribution >= 4 is 33.5 Å². The predicted octanol–water partition coefficient (Wildman–Crippen LogP) is 3.72. The molecule has 0 radical (unpaired) electrons. The first-order valence-electron chi connectivity index (χ1n) is 12.0. The minimum atomic E-state index is -4.28. The summed E-state index contributed by atoms with van der Waals surface area (Å²) in [5.41, 5.74) is 2.49. The molecular weight excluding hydrogens is 518 g/mol. The summed E-state index contributed by atoms with van der Waals surface area (Å²) < 4.78 is 36.6. The maximum Gasteiger partial charge on any atom is 0.330 e. The van der Waals surface area contributed by atoms with Crippen molar-refractivity contribution in [1.29, 1.82) is 0 Å². The number of methoxy groups -OCH3 is 1. The molecule has 3 amide bonds. The first-order valence-corrected chi connectivity index (χ1v) is 13.5. The molecule has 0 saturated carbocycles. The van der Waals surface area contributed by atoms with Crippen LogP contribution in [0.5, 0.6) is 5.75 Å². The number of nitrogens with zero attached hydrogens (tertiary/aromatic N) is 2. The van der Waals surface area contributed by atoms with Crippen LogP contribution in [0.4, 0.5) is 16.2 Å². The van der Waals surface area contributed by atoms with Crippen LogP contribution < -0.4 is 24.4 Å². The molecule has 0 bridgehead atoms. The smallest absolute Gasteiger partial charge is 0.330 e. The second-order valence-corrected chi connectivity index (χ2v) is 10.1. The van der Waals surface area contributed by atoms with Gasteiger partial charge < -0.3 is 19.5 Å². The van der Waals surface area contributed by atoms with Crippen LogP contribution in [0.2, 0.25) is 0 Å². The molecule has 4 aromatic rings. The summed E-state index contributed by atoms with van der Waals surface area (Å²) in [5, 5.41) is 2.52. The van der Waals surface area contributed by atoms with Gasteiger partial charge in [0.15, 0.2) is 0 Å². The van der Waals surface area contributed by atoms with Gasteiger partial charge in [-0.15, -0.1) is 0 Å². The molecule has 0 aliphatic heterocycles. The zero-order valence-electron chi connectivity index (χ0n) is 21.4. The Labute approximate surface area is 227 Å². The van der Waals surface area contributed by atoms with E-state index in [1.165, 1.54) is 4.90 Å². The van der Waals surface area contributed by atoms with Crippen molar-refractivity contribution in [2.24, 2.45) is 0 Å². The maximum atomic E-state index is 13.4. The van der Waals surface area contributed by atoms with Gasteiger partial charge >= 0.3 is 16.2 Å². The van der Waals surface area contributed by atoms with E-state index >= 15 is 0 Å². The summed E-state index contributed by atoms with van der Waals surface area (Å²) in [4.78, 5) is 27.6. The Balaban J connectivity index is 1.44. The topological polar surface area (TPSA) is 122 Å². The number of ether oxygens (including phenoxy) is 1. The van der Waals surface area contributed by atoms with Crippen molar-refractivity contribution in [3.63, 3.8) is 0 Å². The van der Waals surface area contributed by atoms with Gasteiger partial charge in [-0.05, 0) is 66.2 Å². The molecule has 202 valence electrons. The van der Waals surface area contributed by atoms with Crippen LogP contribution in [0.3, 0.4) is 0 Å². The number of benzene rings is 3. The molecule has 0 aliphatic carbocycles. The van der Waals surface area contributed by atoms with Gasteiger partial charge in [0.05, 0.1) is 12.8 Å². The zero-order valence-corrected chi connectivity index (χ0v) is 22.3. The first kappa shape index (κ1) is 27.3. The van der Waals surface area contributed by atoms with Gasteiger partial charge in [0.25, 0.3) is 0 Å². The largest absolute Gasteiger partial charge is 0.497 e. The van der Waals surface area contributed by atoms with E-state index in [0.717, 1.165) is 11.3 Å². The highest BCUT2D eigenvalue weighted by atomic mass is 32.2. The van der Waals surface area contributed by atoms with Gasteiger partial charge in [0.1, 0.15) is 11.8 Å². The van der Waals surface area contributed by atoms with E-state index in [4.69, 9.17) is 4.74 Å². The van der Waals surface area contributed by atoms with E-state index in [-0.39, 0.29) is 12.1 Å². The van der Waals surface area contributed by atoms with Crippen LogP contribution in [0.1, 0.15) is 5.56 Å². The second-order valence-electron chi connectivity index (χ2n) is 8.66. The highest BCUT2D eigenvalue weighted by Gasteiger charge is 2.27. The fourth-order valence-electron chi connectivity index (χ4n) is 3.92. The lowest BCUT2D eigenvalue weighted by atomic mass is 10.0. The van der Waals surface area contributed by atoms with Crippen molar-refractivity contribution in [1.82, 2.24) is 14.6 Å². The number of nitrogens with one attached hydrogen (secondary N) is 3. The monoisotopic (exact) mass is 547 g/mol. The van der Waals surface area contributed by atoms with E-state index in [0.29, 0.717) is 11.4 Å². The highest BCUT2D eigenvalue weighted by Crippen LogP contribution is 2.20. The number of hydrogen-bond donors (Lipinski definition) is 3. The summed E-state index contributed by atoms with van der Waals surface area (Å²) >= 11 is 0. The highest BCUT2D eigenvalue weighted by molar-refractivity contribution is 7.91. The van der Waals surface area contributed by atoms with Crippen LogP contribution in [0.25, 0.3) is 5.69 Å². The average molecular weight is 548 g/mol. The van der Waals surface area contributed by atoms with Crippen LogP contribution in [0, 0.1) is 0 Å². The Bertz CT molecular complexity index is 1490. The molecule has 10 nitrogen and oxygen atoms in total. The van der Waals surface area contributed by atoms with Crippen LogP contribution in [0.15, 0.2) is 103 Å². The zero-order chi connectivity index (χ0) is 27.8.